The second-order valence-corrected chi connectivity index (χ2v) is 5.81. The fraction of sp³-hybridized carbons (Fsp3) is 0.412. The highest BCUT2D eigenvalue weighted by Gasteiger charge is 2.08. The van der Waals surface area contributed by atoms with Gasteiger partial charge in [0.2, 0.25) is 0 Å². The molecule has 4 nitrogen and oxygen atoms in total. The van der Waals surface area contributed by atoms with E-state index in [0.717, 1.165) is 23.1 Å². The molecule has 2 N–H and O–H groups in total. The lowest BCUT2D eigenvalue weighted by atomic mass is 10.0. The Morgan fingerprint density at radius 2 is 1.62 bits per heavy atom. The number of rotatable bonds is 5. The minimum absolute atomic E-state index is 0.292. The first-order valence-electron chi connectivity index (χ1n) is 7.43. The highest BCUT2D eigenvalue weighted by atomic mass is 15.1. The molecule has 1 aromatic carbocycles. The maximum absolute atomic E-state index is 4.59. The Labute approximate surface area is 127 Å². The van der Waals surface area contributed by atoms with Gasteiger partial charge in [0, 0.05) is 24.7 Å². The first-order chi connectivity index (χ1) is 9.99. The van der Waals surface area contributed by atoms with Gasteiger partial charge in [-0.1, -0.05) is 39.8 Å². The van der Waals surface area contributed by atoms with E-state index in [2.05, 4.69) is 72.6 Å². The smallest absolute Gasteiger partial charge is 0.136 e. The third-order valence-corrected chi connectivity index (χ3v) is 3.34. The second kappa shape index (κ2) is 6.57. The van der Waals surface area contributed by atoms with E-state index in [0.29, 0.717) is 11.8 Å². The molecule has 2 rings (SSSR count). The highest BCUT2D eigenvalue weighted by molar-refractivity contribution is 5.60. The van der Waals surface area contributed by atoms with E-state index in [1.54, 1.807) is 0 Å². The van der Waals surface area contributed by atoms with Gasteiger partial charge in [-0.15, -0.1) is 0 Å². The van der Waals surface area contributed by atoms with Gasteiger partial charge in [-0.25, -0.2) is 9.97 Å². The van der Waals surface area contributed by atoms with Crippen LogP contribution in [0.4, 0.5) is 17.3 Å². The molecule has 0 spiro atoms. The summed E-state index contributed by atoms with van der Waals surface area (Å²) in [4.78, 5) is 9.07. The SMILES string of the molecule is CNc1cc(Nc2cccc(C(C)C)c2)nc(C(C)C)n1. The summed E-state index contributed by atoms with van der Waals surface area (Å²) in [5.41, 5.74) is 2.36. The molecule has 21 heavy (non-hydrogen) atoms. The van der Waals surface area contributed by atoms with Gasteiger partial charge in [-0.3, -0.25) is 0 Å². The zero-order valence-corrected chi connectivity index (χ0v) is 13.4. The lowest BCUT2D eigenvalue weighted by molar-refractivity contribution is 0.778. The molecule has 0 fully saturated rings. The van der Waals surface area contributed by atoms with Crippen molar-refractivity contribution >= 4 is 17.3 Å². The predicted octanol–water partition coefficient (Wildman–Crippen LogP) is 4.51. The molecule has 0 aliphatic heterocycles. The van der Waals surface area contributed by atoms with Gasteiger partial charge in [0.25, 0.3) is 0 Å². The minimum atomic E-state index is 0.292. The summed E-state index contributed by atoms with van der Waals surface area (Å²) >= 11 is 0. The van der Waals surface area contributed by atoms with E-state index >= 15 is 0 Å². The normalized spacial score (nSPS) is 11.0. The summed E-state index contributed by atoms with van der Waals surface area (Å²) in [6.07, 6.45) is 0. The van der Waals surface area contributed by atoms with Crippen LogP contribution < -0.4 is 10.6 Å². The highest BCUT2D eigenvalue weighted by Crippen LogP contribution is 2.23. The van der Waals surface area contributed by atoms with Crippen LogP contribution in [-0.4, -0.2) is 17.0 Å². The molecule has 0 unspecified atom stereocenters. The van der Waals surface area contributed by atoms with Crippen LogP contribution >= 0.6 is 0 Å². The Morgan fingerprint density at radius 3 is 2.24 bits per heavy atom. The van der Waals surface area contributed by atoms with Gasteiger partial charge in [0.1, 0.15) is 17.5 Å². The maximum Gasteiger partial charge on any atom is 0.136 e. The number of nitrogens with zero attached hydrogens (tertiary/aromatic N) is 2. The number of aromatic nitrogens is 2. The number of hydrogen-bond acceptors (Lipinski definition) is 4. The van der Waals surface area contributed by atoms with E-state index in [4.69, 9.17) is 0 Å². The number of nitrogens with one attached hydrogen (secondary N) is 2. The van der Waals surface area contributed by atoms with Crippen molar-refractivity contribution in [3.05, 3.63) is 41.7 Å². The van der Waals surface area contributed by atoms with Crippen LogP contribution in [0.25, 0.3) is 0 Å². The lowest BCUT2D eigenvalue weighted by Gasteiger charge is -2.13. The molecule has 112 valence electrons. The number of anilines is 3. The molecule has 0 radical (unpaired) electrons. The largest absolute Gasteiger partial charge is 0.373 e. The molecule has 0 saturated carbocycles. The first-order valence-corrected chi connectivity index (χ1v) is 7.43. The van der Waals surface area contributed by atoms with Gasteiger partial charge in [-0.05, 0) is 23.6 Å². The molecule has 2 aromatic rings. The molecule has 1 aromatic heterocycles. The zero-order chi connectivity index (χ0) is 15.4. The zero-order valence-electron chi connectivity index (χ0n) is 13.4. The molecule has 0 atom stereocenters. The maximum atomic E-state index is 4.59. The summed E-state index contributed by atoms with van der Waals surface area (Å²) in [7, 11) is 1.87. The molecular weight excluding hydrogens is 260 g/mol. The molecule has 0 aliphatic rings. The van der Waals surface area contributed by atoms with E-state index < -0.39 is 0 Å². The van der Waals surface area contributed by atoms with Gasteiger partial charge < -0.3 is 10.6 Å². The van der Waals surface area contributed by atoms with Crippen LogP contribution in [0, 0.1) is 0 Å². The van der Waals surface area contributed by atoms with Crippen molar-refractivity contribution in [3.8, 4) is 0 Å². The van der Waals surface area contributed by atoms with Crippen molar-refractivity contribution < 1.29 is 0 Å². The Kier molecular flexibility index (Phi) is 4.78. The Morgan fingerprint density at radius 1 is 0.905 bits per heavy atom. The Hall–Kier alpha value is -2.10. The molecule has 0 bridgehead atoms. The topological polar surface area (TPSA) is 49.8 Å². The van der Waals surface area contributed by atoms with Crippen molar-refractivity contribution in [2.45, 2.75) is 39.5 Å². The van der Waals surface area contributed by atoms with Crippen LogP contribution in [0.3, 0.4) is 0 Å². The third kappa shape index (κ3) is 3.94. The van der Waals surface area contributed by atoms with E-state index in [-0.39, 0.29) is 0 Å². The van der Waals surface area contributed by atoms with Crippen LogP contribution in [-0.2, 0) is 0 Å². The molecule has 1 heterocycles. The fourth-order valence-electron chi connectivity index (χ4n) is 2.04. The van der Waals surface area contributed by atoms with Crippen molar-refractivity contribution in [2.24, 2.45) is 0 Å². The molecule has 4 heteroatoms. The summed E-state index contributed by atoms with van der Waals surface area (Å²) in [6.45, 7) is 8.58. The lowest BCUT2D eigenvalue weighted by Crippen LogP contribution is -2.05. The van der Waals surface area contributed by atoms with Crippen molar-refractivity contribution in [1.82, 2.24) is 9.97 Å². The molecule has 0 aliphatic carbocycles. The van der Waals surface area contributed by atoms with Crippen molar-refractivity contribution in [2.75, 3.05) is 17.7 Å². The molecular formula is C17H24N4. The van der Waals surface area contributed by atoms with Crippen LogP contribution in [0.2, 0.25) is 0 Å². The van der Waals surface area contributed by atoms with Gasteiger partial charge >= 0.3 is 0 Å². The molecule has 0 saturated heterocycles. The summed E-state index contributed by atoms with van der Waals surface area (Å²) in [5.74, 6) is 3.29. The second-order valence-electron chi connectivity index (χ2n) is 5.81. The standard InChI is InChI=1S/C17H24N4/c1-11(2)13-7-6-8-14(9-13)19-16-10-15(18-5)20-17(21-16)12(3)4/h6-12H,1-5H3,(H2,18,19,20,21). The Balaban J connectivity index is 2.30. The van der Waals surface area contributed by atoms with Crippen molar-refractivity contribution in [3.63, 3.8) is 0 Å². The summed E-state index contributed by atoms with van der Waals surface area (Å²) < 4.78 is 0. The van der Waals surface area contributed by atoms with Crippen LogP contribution in [0.15, 0.2) is 30.3 Å². The van der Waals surface area contributed by atoms with E-state index in [9.17, 15) is 0 Å². The molecule has 0 amide bonds. The van der Waals surface area contributed by atoms with Gasteiger partial charge in [-0.2, -0.15) is 0 Å². The summed E-state index contributed by atoms with van der Waals surface area (Å²) in [5, 5.41) is 6.46. The quantitative estimate of drug-likeness (QED) is 0.848. The van der Waals surface area contributed by atoms with Crippen molar-refractivity contribution in [1.29, 1.82) is 0 Å². The Bertz CT molecular complexity index is 605. The predicted molar refractivity (Wildman–Crippen MR) is 89.5 cm³/mol. The number of hydrogen-bond donors (Lipinski definition) is 2. The third-order valence-electron chi connectivity index (χ3n) is 3.34. The van der Waals surface area contributed by atoms with E-state index in [1.165, 1.54) is 5.56 Å². The van der Waals surface area contributed by atoms with Crippen LogP contribution in [0.5, 0.6) is 0 Å². The monoisotopic (exact) mass is 284 g/mol. The minimum Gasteiger partial charge on any atom is -0.373 e. The van der Waals surface area contributed by atoms with Gasteiger partial charge in [0.15, 0.2) is 0 Å². The average Bonchev–Trinajstić information content (AvgIpc) is 2.47. The average molecular weight is 284 g/mol. The van der Waals surface area contributed by atoms with Crippen LogP contribution in [0.1, 0.15) is 50.9 Å². The summed E-state index contributed by atoms with van der Waals surface area (Å²) in [6, 6.07) is 10.4. The first kappa shape index (κ1) is 15.3. The van der Waals surface area contributed by atoms with E-state index in [1.807, 2.05) is 13.1 Å². The fourth-order valence-corrected chi connectivity index (χ4v) is 2.04. The van der Waals surface area contributed by atoms with Gasteiger partial charge in [0.05, 0.1) is 0 Å². The number of benzene rings is 1.